The molecule has 1 aromatic carbocycles. The van der Waals surface area contributed by atoms with Crippen molar-refractivity contribution >= 4 is 17.7 Å². The van der Waals surface area contributed by atoms with E-state index < -0.39 is 0 Å². The maximum absolute atomic E-state index is 12.5. The molecule has 8 nitrogen and oxygen atoms in total. The van der Waals surface area contributed by atoms with Crippen molar-refractivity contribution in [2.24, 2.45) is 0 Å². The average Bonchev–Trinajstić information content (AvgIpc) is 3.36. The molecule has 0 spiro atoms. The van der Waals surface area contributed by atoms with Crippen LogP contribution in [-0.4, -0.2) is 35.4 Å². The number of aryl methyl sites for hydroxylation is 1. The highest BCUT2D eigenvalue weighted by molar-refractivity contribution is 6.02. The van der Waals surface area contributed by atoms with Gasteiger partial charge in [0.2, 0.25) is 5.91 Å². The molecule has 0 saturated heterocycles. The van der Waals surface area contributed by atoms with E-state index in [1.165, 1.54) is 23.4 Å². The number of anilines is 1. The molecule has 0 aliphatic rings. The van der Waals surface area contributed by atoms with Crippen LogP contribution >= 0.6 is 0 Å². The summed E-state index contributed by atoms with van der Waals surface area (Å²) in [6.45, 7) is 3.91. The molecule has 3 aromatic heterocycles. The zero-order valence-electron chi connectivity index (χ0n) is 16.0. The lowest BCUT2D eigenvalue weighted by molar-refractivity contribution is -0.111. The molecule has 0 unspecified atom stereocenters. The number of para-hydroxylation sites is 1. The number of nitrogens with zero attached hydrogens (tertiary/aromatic N) is 6. The number of rotatable bonds is 5. The zero-order chi connectivity index (χ0) is 20.2. The summed E-state index contributed by atoms with van der Waals surface area (Å²) in [5.74, 6) is 0.224. The van der Waals surface area contributed by atoms with Crippen LogP contribution in [0.15, 0.2) is 67.4 Å². The molecule has 0 fully saturated rings. The Morgan fingerprint density at radius 2 is 1.93 bits per heavy atom. The summed E-state index contributed by atoms with van der Waals surface area (Å²) in [5, 5.41) is 11.5. The Hall–Kier alpha value is -4.07. The first-order chi connectivity index (χ1) is 14.1. The molecule has 3 heterocycles. The molecular weight excluding hydrogens is 366 g/mol. The number of carbonyl (C=O) groups excluding carboxylic acids is 1. The van der Waals surface area contributed by atoms with Gasteiger partial charge in [0, 0.05) is 23.5 Å². The molecule has 8 heteroatoms. The maximum Gasteiger partial charge on any atom is 0.248 e. The number of amides is 1. The molecule has 0 atom stereocenters. The molecule has 0 aliphatic carbocycles. The minimum atomic E-state index is -0.273. The van der Waals surface area contributed by atoms with Crippen molar-refractivity contribution in [3.63, 3.8) is 0 Å². The van der Waals surface area contributed by atoms with Gasteiger partial charge in [0.1, 0.15) is 12.7 Å². The molecule has 0 aliphatic heterocycles. The summed E-state index contributed by atoms with van der Waals surface area (Å²) in [6.07, 6.45) is 7.84. The van der Waals surface area contributed by atoms with Gasteiger partial charge in [-0.25, -0.2) is 19.3 Å². The Morgan fingerprint density at radius 1 is 1.10 bits per heavy atom. The van der Waals surface area contributed by atoms with Gasteiger partial charge in [0.05, 0.1) is 17.1 Å². The summed E-state index contributed by atoms with van der Waals surface area (Å²) < 4.78 is 3.37. The third-order valence-corrected chi connectivity index (χ3v) is 4.43. The largest absolute Gasteiger partial charge is 0.319 e. The zero-order valence-corrected chi connectivity index (χ0v) is 16.0. The van der Waals surface area contributed by atoms with Crippen LogP contribution in [0.3, 0.4) is 0 Å². The monoisotopic (exact) mass is 385 g/mol. The Kier molecular flexibility index (Phi) is 4.98. The Balaban J connectivity index is 1.55. The van der Waals surface area contributed by atoms with Crippen molar-refractivity contribution in [1.82, 2.24) is 29.5 Å². The van der Waals surface area contributed by atoms with Crippen molar-refractivity contribution in [2.75, 3.05) is 5.32 Å². The summed E-state index contributed by atoms with van der Waals surface area (Å²) in [4.78, 5) is 20.7. The maximum atomic E-state index is 12.5. The molecule has 29 heavy (non-hydrogen) atoms. The lowest BCUT2D eigenvalue weighted by Crippen LogP contribution is -2.12. The van der Waals surface area contributed by atoms with Gasteiger partial charge in [0.25, 0.3) is 0 Å². The van der Waals surface area contributed by atoms with Crippen LogP contribution in [-0.2, 0) is 4.79 Å². The Morgan fingerprint density at radius 3 is 2.69 bits per heavy atom. The molecule has 0 bridgehead atoms. The molecule has 4 rings (SSSR count). The van der Waals surface area contributed by atoms with Gasteiger partial charge >= 0.3 is 0 Å². The summed E-state index contributed by atoms with van der Waals surface area (Å²) in [6, 6.07) is 13.4. The SMILES string of the molecule is Cc1nn(-c2ccccc2)c(C)c1/C=C/C(=O)Nc1cccnc1-n1cncn1. The number of benzene rings is 1. The smallest absolute Gasteiger partial charge is 0.248 e. The van der Waals surface area contributed by atoms with Gasteiger partial charge in [-0.3, -0.25) is 4.79 Å². The second-order valence-corrected chi connectivity index (χ2v) is 6.37. The van der Waals surface area contributed by atoms with E-state index in [2.05, 4.69) is 25.5 Å². The van der Waals surface area contributed by atoms with Crippen molar-refractivity contribution in [3.8, 4) is 11.5 Å². The number of carbonyl (C=O) groups is 1. The van der Waals surface area contributed by atoms with Crippen LogP contribution in [0.1, 0.15) is 17.0 Å². The minimum Gasteiger partial charge on any atom is -0.319 e. The fourth-order valence-electron chi connectivity index (χ4n) is 3.04. The van der Waals surface area contributed by atoms with E-state index in [-0.39, 0.29) is 5.91 Å². The molecular formula is C21H19N7O. The average molecular weight is 385 g/mol. The van der Waals surface area contributed by atoms with Crippen LogP contribution in [0.4, 0.5) is 5.69 Å². The van der Waals surface area contributed by atoms with Gasteiger partial charge in [0.15, 0.2) is 5.82 Å². The summed E-state index contributed by atoms with van der Waals surface area (Å²) >= 11 is 0. The molecule has 0 radical (unpaired) electrons. The fraction of sp³-hybridized carbons (Fsp3) is 0.0952. The molecule has 0 saturated carbocycles. The summed E-state index contributed by atoms with van der Waals surface area (Å²) in [5.41, 5.74) is 4.24. The van der Waals surface area contributed by atoms with E-state index in [0.717, 1.165) is 22.6 Å². The first-order valence-electron chi connectivity index (χ1n) is 9.04. The highest BCUT2D eigenvalue weighted by atomic mass is 16.1. The highest BCUT2D eigenvalue weighted by Crippen LogP contribution is 2.20. The van der Waals surface area contributed by atoms with Crippen LogP contribution in [0, 0.1) is 13.8 Å². The standard InChI is InChI=1S/C21H19N7O/c1-15-18(16(2)28(26-15)17-7-4-3-5-8-17)10-11-20(29)25-19-9-6-12-23-21(19)27-14-22-13-24-27/h3-14H,1-2H3,(H,25,29)/b11-10+. The molecule has 1 amide bonds. The van der Waals surface area contributed by atoms with Gasteiger partial charge in [-0.15, -0.1) is 0 Å². The summed E-state index contributed by atoms with van der Waals surface area (Å²) in [7, 11) is 0. The van der Waals surface area contributed by atoms with E-state index in [4.69, 9.17) is 0 Å². The predicted molar refractivity (Wildman–Crippen MR) is 110 cm³/mol. The van der Waals surface area contributed by atoms with Gasteiger partial charge in [-0.2, -0.15) is 10.2 Å². The van der Waals surface area contributed by atoms with Gasteiger partial charge in [-0.1, -0.05) is 18.2 Å². The third-order valence-electron chi connectivity index (χ3n) is 4.43. The fourth-order valence-corrected chi connectivity index (χ4v) is 3.04. The van der Waals surface area contributed by atoms with Gasteiger partial charge in [-0.05, 0) is 44.2 Å². The number of pyridine rings is 1. The van der Waals surface area contributed by atoms with E-state index in [1.54, 1.807) is 24.4 Å². The number of hydrogen-bond acceptors (Lipinski definition) is 5. The second kappa shape index (κ2) is 7.89. The highest BCUT2D eigenvalue weighted by Gasteiger charge is 2.12. The number of hydrogen-bond donors (Lipinski definition) is 1. The van der Waals surface area contributed by atoms with Crippen molar-refractivity contribution in [3.05, 3.63) is 84.3 Å². The first-order valence-corrected chi connectivity index (χ1v) is 9.04. The van der Waals surface area contributed by atoms with E-state index in [1.807, 2.05) is 48.9 Å². The molecule has 1 N–H and O–H groups in total. The van der Waals surface area contributed by atoms with Crippen LogP contribution in [0.5, 0.6) is 0 Å². The van der Waals surface area contributed by atoms with E-state index in [9.17, 15) is 4.79 Å². The topological polar surface area (TPSA) is 90.5 Å². The quantitative estimate of drug-likeness (QED) is 0.533. The second-order valence-electron chi connectivity index (χ2n) is 6.37. The van der Waals surface area contributed by atoms with Gasteiger partial charge < -0.3 is 5.32 Å². The Bertz CT molecular complexity index is 1160. The minimum absolute atomic E-state index is 0.273. The van der Waals surface area contributed by atoms with Crippen LogP contribution in [0.2, 0.25) is 0 Å². The Labute approximate surface area is 167 Å². The van der Waals surface area contributed by atoms with Crippen LogP contribution < -0.4 is 5.32 Å². The first kappa shape index (κ1) is 18.3. The van der Waals surface area contributed by atoms with Crippen molar-refractivity contribution in [1.29, 1.82) is 0 Å². The lowest BCUT2D eigenvalue weighted by Gasteiger charge is -2.07. The van der Waals surface area contributed by atoms with E-state index >= 15 is 0 Å². The third kappa shape index (κ3) is 3.81. The predicted octanol–water partition coefficient (Wildman–Crippen LogP) is 3.12. The van der Waals surface area contributed by atoms with Crippen molar-refractivity contribution < 1.29 is 4.79 Å². The number of aromatic nitrogens is 6. The normalized spacial score (nSPS) is 11.1. The molecule has 4 aromatic rings. The van der Waals surface area contributed by atoms with Crippen LogP contribution in [0.25, 0.3) is 17.6 Å². The molecule has 144 valence electrons. The lowest BCUT2D eigenvalue weighted by atomic mass is 10.2. The van der Waals surface area contributed by atoms with E-state index in [0.29, 0.717) is 11.5 Å². The van der Waals surface area contributed by atoms with Crippen molar-refractivity contribution in [2.45, 2.75) is 13.8 Å². The number of nitrogens with one attached hydrogen (secondary N) is 1.